The largest absolute Gasteiger partial charge is 0.342 e. The van der Waals surface area contributed by atoms with E-state index in [-0.39, 0.29) is 11.8 Å². The Balaban J connectivity index is 1.69. The van der Waals surface area contributed by atoms with Gasteiger partial charge in [0.1, 0.15) is 11.6 Å². The summed E-state index contributed by atoms with van der Waals surface area (Å²) in [6.45, 7) is 4.26. The number of carbonyl (C=O) groups excluding carboxylic acids is 1. The molecule has 1 atom stereocenters. The molecule has 0 radical (unpaired) electrons. The number of rotatable bonds is 6. The topological polar surface area (TPSA) is 68.8 Å². The molecule has 8 heteroatoms. The Labute approximate surface area is 152 Å². The summed E-state index contributed by atoms with van der Waals surface area (Å²) in [6, 6.07) is 0. The molecule has 25 heavy (non-hydrogen) atoms. The van der Waals surface area contributed by atoms with Crippen LogP contribution < -0.4 is 0 Å². The lowest BCUT2D eigenvalue weighted by Gasteiger charge is -2.32. The van der Waals surface area contributed by atoms with Gasteiger partial charge in [0.25, 0.3) is 0 Å². The minimum atomic E-state index is 0.260. The van der Waals surface area contributed by atoms with E-state index in [1.165, 1.54) is 0 Å². The Morgan fingerprint density at radius 1 is 1.40 bits per heavy atom. The molecule has 1 fully saturated rings. The number of imidazole rings is 1. The molecule has 3 heterocycles. The molecule has 2 aromatic rings. The second kappa shape index (κ2) is 8.03. The van der Waals surface area contributed by atoms with Crippen LogP contribution >= 0.6 is 11.8 Å². The van der Waals surface area contributed by atoms with E-state index >= 15 is 0 Å². The lowest BCUT2D eigenvalue weighted by atomic mass is 9.97. The van der Waals surface area contributed by atoms with Crippen molar-refractivity contribution in [1.82, 2.24) is 29.2 Å². The van der Waals surface area contributed by atoms with Crippen molar-refractivity contribution in [3.8, 4) is 0 Å². The predicted molar refractivity (Wildman–Crippen MR) is 98.6 cm³/mol. The van der Waals surface area contributed by atoms with Gasteiger partial charge in [-0.1, -0.05) is 0 Å². The third-order valence-electron chi connectivity index (χ3n) is 4.89. The average molecular weight is 363 g/mol. The van der Waals surface area contributed by atoms with E-state index in [9.17, 15) is 4.79 Å². The highest BCUT2D eigenvalue weighted by Crippen LogP contribution is 2.26. The maximum atomic E-state index is 12.3. The van der Waals surface area contributed by atoms with Crippen LogP contribution in [-0.4, -0.2) is 60.2 Å². The monoisotopic (exact) mass is 362 g/mol. The average Bonchev–Trinajstić information content (AvgIpc) is 3.19. The molecule has 1 saturated heterocycles. The summed E-state index contributed by atoms with van der Waals surface area (Å²) in [5.74, 6) is 4.28. The van der Waals surface area contributed by atoms with E-state index in [0.29, 0.717) is 13.0 Å². The van der Waals surface area contributed by atoms with Crippen molar-refractivity contribution in [1.29, 1.82) is 0 Å². The number of aryl methyl sites for hydroxylation is 1. The lowest BCUT2D eigenvalue weighted by molar-refractivity contribution is -0.132. The fourth-order valence-corrected chi connectivity index (χ4v) is 3.73. The summed E-state index contributed by atoms with van der Waals surface area (Å²) in [5.41, 5.74) is 0. The van der Waals surface area contributed by atoms with Gasteiger partial charge in [0.05, 0.1) is 6.54 Å². The van der Waals surface area contributed by atoms with Crippen molar-refractivity contribution in [2.75, 3.05) is 25.1 Å². The number of likely N-dealkylation sites (tertiary alicyclic amines) is 1. The summed E-state index contributed by atoms with van der Waals surface area (Å²) in [7, 11) is 2.02. The number of hydrogen-bond donors (Lipinski definition) is 0. The van der Waals surface area contributed by atoms with Crippen LogP contribution in [0.25, 0.3) is 0 Å². The Hall–Kier alpha value is -1.83. The fraction of sp³-hybridized carbons (Fsp3) is 0.647. The zero-order valence-electron chi connectivity index (χ0n) is 15.2. The van der Waals surface area contributed by atoms with E-state index in [0.717, 1.165) is 49.2 Å². The fourth-order valence-electron chi connectivity index (χ4n) is 3.35. The first kappa shape index (κ1) is 18.0. The van der Waals surface area contributed by atoms with Crippen molar-refractivity contribution in [2.24, 2.45) is 7.05 Å². The zero-order valence-corrected chi connectivity index (χ0v) is 16.0. The van der Waals surface area contributed by atoms with Crippen LogP contribution in [0.1, 0.15) is 42.7 Å². The van der Waals surface area contributed by atoms with E-state index in [1.807, 2.05) is 31.3 Å². The van der Waals surface area contributed by atoms with Crippen LogP contribution in [-0.2, 0) is 18.4 Å². The van der Waals surface area contributed by atoms with Crippen LogP contribution in [0.15, 0.2) is 12.4 Å². The molecule has 1 aliphatic rings. The molecular formula is C17H26N6OS. The summed E-state index contributed by atoms with van der Waals surface area (Å²) in [4.78, 5) is 18.6. The number of aromatic nitrogens is 5. The standard InChI is InChI=1S/C17H26N6OS/c1-13-18-7-9-22(13)12-15-19-20-17(21(15)2)14-5-4-8-23(11-14)16(24)6-10-25-3/h7,9,14H,4-6,8,10-12H2,1-3H3/t14-/m0/s1. The maximum absolute atomic E-state index is 12.3. The van der Waals surface area contributed by atoms with E-state index in [2.05, 4.69) is 24.3 Å². The van der Waals surface area contributed by atoms with Crippen LogP contribution in [0, 0.1) is 6.92 Å². The molecule has 0 aromatic carbocycles. The highest BCUT2D eigenvalue weighted by Gasteiger charge is 2.28. The minimum Gasteiger partial charge on any atom is -0.342 e. The maximum Gasteiger partial charge on any atom is 0.223 e. The van der Waals surface area contributed by atoms with Gasteiger partial charge in [0.15, 0.2) is 5.82 Å². The van der Waals surface area contributed by atoms with Crippen molar-refractivity contribution in [3.63, 3.8) is 0 Å². The van der Waals surface area contributed by atoms with Crippen LogP contribution in [0.5, 0.6) is 0 Å². The number of nitrogens with zero attached hydrogens (tertiary/aromatic N) is 6. The highest BCUT2D eigenvalue weighted by atomic mass is 32.2. The minimum absolute atomic E-state index is 0.260. The van der Waals surface area contributed by atoms with E-state index < -0.39 is 0 Å². The van der Waals surface area contributed by atoms with E-state index in [1.54, 1.807) is 18.0 Å². The van der Waals surface area contributed by atoms with Gasteiger partial charge in [-0.2, -0.15) is 11.8 Å². The van der Waals surface area contributed by atoms with Gasteiger partial charge in [-0.3, -0.25) is 4.79 Å². The first-order valence-electron chi connectivity index (χ1n) is 8.72. The second-order valence-electron chi connectivity index (χ2n) is 6.56. The van der Waals surface area contributed by atoms with Crippen LogP contribution in [0.3, 0.4) is 0 Å². The van der Waals surface area contributed by atoms with Crippen molar-refractivity contribution >= 4 is 17.7 Å². The predicted octanol–water partition coefficient (Wildman–Crippen LogP) is 1.83. The Morgan fingerprint density at radius 2 is 2.24 bits per heavy atom. The number of amides is 1. The third kappa shape index (κ3) is 4.05. The van der Waals surface area contributed by atoms with Gasteiger partial charge in [0, 0.05) is 50.6 Å². The summed E-state index contributed by atoms with van der Waals surface area (Å²) in [5, 5.41) is 8.83. The Kier molecular flexibility index (Phi) is 5.78. The molecule has 7 nitrogen and oxygen atoms in total. The molecular weight excluding hydrogens is 336 g/mol. The van der Waals surface area contributed by atoms with Gasteiger partial charge in [-0.05, 0) is 26.0 Å². The normalized spacial score (nSPS) is 17.9. The van der Waals surface area contributed by atoms with Crippen LogP contribution in [0.2, 0.25) is 0 Å². The van der Waals surface area contributed by atoms with Crippen molar-refractivity contribution < 1.29 is 4.79 Å². The first-order valence-corrected chi connectivity index (χ1v) is 10.1. The first-order chi connectivity index (χ1) is 12.1. The smallest absolute Gasteiger partial charge is 0.223 e. The number of hydrogen-bond acceptors (Lipinski definition) is 5. The van der Waals surface area contributed by atoms with Gasteiger partial charge >= 0.3 is 0 Å². The quantitative estimate of drug-likeness (QED) is 0.784. The molecule has 1 amide bonds. The molecule has 0 aliphatic carbocycles. The van der Waals surface area contributed by atoms with Gasteiger partial charge in [-0.25, -0.2) is 4.98 Å². The molecule has 2 aromatic heterocycles. The zero-order chi connectivity index (χ0) is 17.8. The van der Waals surface area contributed by atoms with Crippen molar-refractivity contribution in [2.45, 2.75) is 38.6 Å². The summed E-state index contributed by atoms with van der Waals surface area (Å²) in [6.07, 6.45) is 8.50. The SMILES string of the molecule is CSCCC(=O)N1CCC[C@H](c2nnc(Cn3ccnc3C)n2C)C1. The molecule has 0 unspecified atom stereocenters. The molecule has 0 spiro atoms. The summed E-state index contributed by atoms with van der Waals surface area (Å²) < 4.78 is 4.15. The third-order valence-corrected chi connectivity index (χ3v) is 5.51. The van der Waals surface area contributed by atoms with Gasteiger partial charge in [-0.15, -0.1) is 10.2 Å². The van der Waals surface area contributed by atoms with E-state index in [4.69, 9.17) is 0 Å². The van der Waals surface area contributed by atoms with Crippen LogP contribution in [0.4, 0.5) is 0 Å². The molecule has 0 bridgehead atoms. The number of thioether (sulfide) groups is 1. The number of piperidine rings is 1. The van der Waals surface area contributed by atoms with Gasteiger partial charge < -0.3 is 14.0 Å². The molecule has 1 aliphatic heterocycles. The summed E-state index contributed by atoms with van der Waals surface area (Å²) >= 11 is 1.72. The van der Waals surface area contributed by atoms with Crippen molar-refractivity contribution in [3.05, 3.63) is 29.9 Å². The molecule has 0 N–H and O–H groups in total. The van der Waals surface area contributed by atoms with Gasteiger partial charge in [0.2, 0.25) is 5.91 Å². The Bertz CT molecular complexity index is 725. The molecule has 0 saturated carbocycles. The molecule has 3 rings (SSSR count). The molecule has 136 valence electrons. The number of carbonyl (C=O) groups is 1. The lowest BCUT2D eigenvalue weighted by Crippen LogP contribution is -2.39. The second-order valence-corrected chi connectivity index (χ2v) is 7.54. The highest BCUT2D eigenvalue weighted by molar-refractivity contribution is 7.98. The Morgan fingerprint density at radius 3 is 2.96 bits per heavy atom.